The molecule has 1 aliphatic rings. The SMILES string of the molecule is Cc1cnc(NC2CC2)nc1-c1c[nH]c(C(=O)NCCc2ccccc2O)c1. The highest BCUT2D eigenvalue weighted by Crippen LogP contribution is 2.26. The van der Waals surface area contributed by atoms with Crippen LogP contribution < -0.4 is 10.6 Å². The molecule has 0 radical (unpaired) electrons. The van der Waals surface area contributed by atoms with Gasteiger partial charge in [-0.2, -0.15) is 0 Å². The minimum Gasteiger partial charge on any atom is -0.508 e. The summed E-state index contributed by atoms with van der Waals surface area (Å²) in [7, 11) is 0. The Hall–Kier alpha value is -3.35. The lowest BCUT2D eigenvalue weighted by Gasteiger charge is -2.07. The van der Waals surface area contributed by atoms with Gasteiger partial charge >= 0.3 is 0 Å². The Morgan fingerprint density at radius 3 is 2.93 bits per heavy atom. The second-order valence-electron chi connectivity index (χ2n) is 7.08. The van der Waals surface area contributed by atoms with Gasteiger partial charge < -0.3 is 20.7 Å². The number of amides is 1. The molecule has 28 heavy (non-hydrogen) atoms. The number of hydrogen-bond acceptors (Lipinski definition) is 5. The monoisotopic (exact) mass is 377 g/mol. The summed E-state index contributed by atoms with van der Waals surface area (Å²) in [4.78, 5) is 24.4. The Morgan fingerprint density at radius 2 is 2.14 bits per heavy atom. The van der Waals surface area contributed by atoms with E-state index in [0.29, 0.717) is 30.6 Å². The van der Waals surface area contributed by atoms with Crippen LogP contribution in [0.25, 0.3) is 11.3 Å². The molecule has 0 saturated heterocycles. The van der Waals surface area contributed by atoms with Crippen LogP contribution >= 0.6 is 0 Å². The van der Waals surface area contributed by atoms with Crippen molar-refractivity contribution < 1.29 is 9.90 Å². The number of aromatic amines is 1. The molecule has 0 unspecified atom stereocenters. The van der Waals surface area contributed by atoms with Crippen LogP contribution in [0.5, 0.6) is 5.75 Å². The number of phenols is 1. The molecule has 3 aromatic rings. The molecular weight excluding hydrogens is 354 g/mol. The Kier molecular flexibility index (Phi) is 4.97. The number of phenolic OH excluding ortho intramolecular Hbond substituents is 1. The highest BCUT2D eigenvalue weighted by atomic mass is 16.3. The average molecular weight is 377 g/mol. The van der Waals surface area contributed by atoms with Gasteiger partial charge in [-0.25, -0.2) is 9.97 Å². The predicted molar refractivity (Wildman–Crippen MR) is 107 cm³/mol. The summed E-state index contributed by atoms with van der Waals surface area (Å²) < 4.78 is 0. The number of anilines is 1. The van der Waals surface area contributed by atoms with Crippen molar-refractivity contribution >= 4 is 11.9 Å². The molecule has 4 N–H and O–H groups in total. The van der Waals surface area contributed by atoms with Crippen molar-refractivity contribution in [3.63, 3.8) is 0 Å². The van der Waals surface area contributed by atoms with E-state index in [1.54, 1.807) is 30.6 Å². The van der Waals surface area contributed by atoms with Gasteiger partial charge in [-0.3, -0.25) is 4.79 Å². The van der Waals surface area contributed by atoms with E-state index in [4.69, 9.17) is 0 Å². The molecule has 2 aromatic heterocycles. The highest BCUT2D eigenvalue weighted by molar-refractivity contribution is 5.93. The number of aryl methyl sites for hydroxylation is 1. The quantitative estimate of drug-likeness (QED) is 0.507. The summed E-state index contributed by atoms with van der Waals surface area (Å²) in [6.07, 6.45) is 6.46. The first-order valence-electron chi connectivity index (χ1n) is 9.44. The van der Waals surface area contributed by atoms with E-state index in [0.717, 1.165) is 35.2 Å². The summed E-state index contributed by atoms with van der Waals surface area (Å²) in [5, 5.41) is 16.0. The third-order valence-corrected chi connectivity index (χ3v) is 4.75. The van der Waals surface area contributed by atoms with Crippen molar-refractivity contribution in [3.8, 4) is 17.0 Å². The molecule has 0 bridgehead atoms. The second kappa shape index (κ2) is 7.72. The van der Waals surface area contributed by atoms with Crippen LogP contribution in [0.1, 0.15) is 34.5 Å². The lowest BCUT2D eigenvalue weighted by Crippen LogP contribution is -2.25. The second-order valence-corrected chi connectivity index (χ2v) is 7.08. The number of H-pyrrole nitrogens is 1. The normalized spacial score (nSPS) is 13.3. The summed E-state index contributed by atoms with van der Waals surface area (Å²) in [5.41, 5.74) is 3.89. The largest absolute Gasteiger partial charge is 0.508 e. The highest BCUT2D eigenvalue weighted by Gasteiger charge is 2.22. The fourth-order valence-electron chi connectivity index (χ4n) is 3.00. The van der Waals surface area contributed by atoms with E-state index >= 15 is 0 Å². The van der Waals surface area contributed by atoms with Crippen molar-refractivity contribution in [1.82, 2.24) is 20.3 Å². The molecule has 0 spiro atoms. The zero-order valence-corrected chi connectivity index (χ0v) is 15.7. The third kappa shape index (κ3) is 4.14. The number of carbonyl (C=O) groups excluding carboxylic acids is 1. The maximum atomic E-state index is 12.4. The van der Waals surface area contributed by atoms with Crippen molar-refractivity contribution in [2.24, 2.45) is 0 Å². The molecule has 7 heteroatoms. The van der Waals surface area contributed by atoms with Gasteiger partial charge in [-0.1, -0.05) is 18.2 Å². The maximum Gasteiger partial charge on any atom is 0.267 e. The van der Waals surface area contributed by atoms with Crippen molar-refractivity contribution in [2.75, 3.05) is 11.9 Å². The molecule has 4 rings (SSSR count). The average Bonchev–Trinajstić information content (AvgIpc) is 3.36. The third-order valence-electron chi connectivity index (χ3n) is 4.75. The molecule has 1 fully saturated rings. The zero-order chi connectivity index (χ0) is 19.5. The fourth-order valence-corrected chi connectivity index (χ4v) is 3.00. The fraction of sp³-hybridized carbons (Fsp3) is 0.286. The van der Waals surface area contributed by atoms with Crippen LogP contribution in [0, 0.1) is 6.92 Å². The van der Waals surface area contributed by atoms with E-state index in [2.05, 4.69) is 25.6 Å². The number of carbonyl (C=O) groups is 1. The van der Waals surface area contributed by atoms with Gasteiger partial charge in [0.1, 0.15) is 11.4 Å². The Labute approximate surface area is 163 Å². The lowest BCUT2D eigenvalue weighted by atomic mass is 10.1. The molecule has 1 amide bonds. The number of rotatable bonds is 7. The lowest BCUT2D eigenvalue weighted by molar-refractivity contribution is 0.0949. The molecule has 1 aromatic carbocycles. The van der Waals surface area contributed by atoms with Crippen molar-refractivity contribution in [2.45, 2.75) is 32.2 Å². The van der Waals surface area contributed by atoms with Gasteiger partial charge in [0.05, 0.1) is 5.69 Å². The smallest absolute Gasteiger partial charge is 0.267 e. The van der Waals surface area contributed by atoms with Gasteiger partial charge in [-0.05, 0) is 49.4 Å². The van der Waals surface area contributed by atoms with Crippen molar-refractivity contribution in [3.05, 3.63) is 59.5 Å². The molecule has 7 nitrogen and oxygen atoms in total. The maximum absolute atomic E-state index is 12.4. The van der Waals surface area contributed by atoms with Crippen LogP contribution in [0.2, 0.25) is 0 Å². The van der Waals surface area contributed by atoms with Crippen LogP contribution in [-0.4, -0.2) is 38.6 Å². The molecule has 1 saturated carbocycles. The summed E-state index contributed by atoms with van der Waals surface area (Å²) >= 11 is 0. The van der Waals surface area contributed by atoms with Gasteiger partial charge in [0.15, 0.2) is 0 Å². The zero-order valence-electron chi connectivity index (χ0n) is 15.7. The number of aromatic nitrogens is 3. The number of nitrogens with zero attached hydrogens (tertiary/aromatic N) is 2. The van der Waals surface area contributed by atoms with E-state index in [9.17, 15) is 9.90 Å². The number of benzene rings is 1. The van der Waals surface area contributed by atoms with E-state index in [1.165, 1.54) is 0 Å². The first kappa shape index (κ1) is 18.0. The number of nitrogens with one attached hydrogen (secondary N) is 3. The summed E-state index contributed by atoms with van der Waals surface area (Å²) in [6, 6.07) is 9.41. The van der Waals surface area contributed by atoms with Gasteiger partial charge in [0.2, 0.25) is 5.95 Å². The van der Waals surface area contributed by atoms with Crippen LogP contribution in [0.3, 0.4) is 0 Å². The van der Waals surface area contributed by atoms with E-state index in [1.807, 2.05) is 19.1 Å². The Bertz CT molecular complexity index is 994. The van der Waals surface area contributed by atoms with Gasteiger partial charge in [-0.15, -0.1) is 0 Å². The van der Waals surface area contributed by atoms with Crippen LogP contribution in [0.15, 0.2) is 42.7 Å². The van der Waals surface area contributed by atoms with Gasteiger partial charge in [0.25, 0.3) is 5.91 Å². The predicted octanol–water partition coefficient (Wildman–Crippen LogP) is 3.03. The van der Waals surface area contributed by atoms with Crippen LogP contribution in [0.4, 0.5) is 5.95 Å². The molecule has 1 aliphatic carbocycles. The molecular formula is C21H23N5O2. The summed E-state index contributed by atoms with van der Waals surface area (Å²) in [6.45, 7) is 2.39. The van der Waals surface area contributed by atoms with Crippen LogP contribution in [-0.2, 0) is 6.42 Å². The van der Waals surface area contributed by atoms with Crippen molar-refractivity contribution in [1.29, 1.82) is 0 Å². The number of para-hydroxylation sites is 1. The topological polar surface area (TPSA) is 103 Å². The first-order valence-corrected chi connectivity index (χ1v) is 9.44. The minimum absolute atomic E-state index is 0.190. The summed E-state index contributed by atoms with van der Waals surface area (Å²) in [5.74, 6) is 0.677. The van der Waals surface area contributed by atoms with E-state index < -0.39 is 0 Å². The number of hydrogen-bond donors (Lipinski definition) is 4. The Balaban J connectivity index is 1.41. The molecule has 0 aliphatic heterocycles. The molecule has 0 atom stereocenters. The minimum atomic E-state index is -0.190. The number of aromatic hydroxyl groups is 1. The molecule has 144 valence electrons. The van der Waals surface area contributed by atoms with Gasteiger partial charge in [0, 0.05) is 30.5 Å². The Morgan fingerprint density at radius 1 is 1.32 bits per heavy atom. The first-order chi connectivity index (χ1) is 13.6. The molecule has 2 heterocycles. The standard InChI is InChI=1S/C21H23N5O2/c1-13-11-24-21(25-16-6-7-16)26-19(13)15-10-17(23-12-15)20(28)22-9-8-14-4-2-3-5-18(14)27/h2-5,10-12,16,23,27H,6-9H2,1H3,(H,22,28)(H,24,25,26). The van der Waals surface area contributed by atoms with E-state index in [-0.39, 0.29) is 11.7 Å².